The number of ether oxygens (including phenoxy) is 2. The van der Waals surface area contributed by atoms with Gasteiger partial charge in [-0.1, -0.05) is 15.9 Å². The highest BCUT2D eigenvalue weighted by Crippen LogP contribution is 2.38. The monoisotopic (exact) mass is 313 g/mol. The predicted molar refractivity (Wildman–Crippen MR) is 76.3 cm³/mol. The summed E-state index contributed by atoms with van der Waals surface area (Å²) in [6.45, 7) is 0.604. The van der Waals surface area contributed by atoms with Gasteiger partial charge in [0.15, 0.2) is 11.5 Å². The maximum atomic E-state index is 6.15. The van der Waals surface area contributed by atoms with Crippen molar-refractivity contribution in [2.45, 2.75) is 38.2 Å². The fourth-order valence-electron chi connectivity index (χ4n) is 2.42. The van der Waals surface area contributed by atoms with Crippen molar-refractivity contribution in [2.24, 2.45) is 5.73 Å². The molecule has 0 saturated heterocycles. The molecule has 100 valence electrons. The quantitative estimate of drug-likeness (QED) is 0.907. The van der Waals surface area contributed by atoms with Crippen LogP contribution in [0.25, 0.3) is 0 Å². The minimum Gasteiger partial charge on any atom is -0.493 e. The van der Waals surface area contributed by atoms with Crippen LogP contribution in [0.2, 0.25) is 0 Å². The summed E-state index contributed by atoms with van der Waals surface area (Å²) in [6.07, 6.45) is 5.90. The van der Waals surface area contributed by atoms with E-state index in [1.165, 1.54) is 12.8 Å². The molecule has 2 N–H and O–H groups in total. The summed E-state index contributed by atoms with van der Waals surface area (Å²) in [5.41, 5.74) is 6.80. The number of hydrogen-bond acceptors (Lipinski definition) is 3. The van der Waals surface area contributed by atoms with Crippen molar-refractivity contribution in [3.63, 3.8) is 0 Å². The smallest absolute Gasteiger partial charge is 0.165 e. The van der Waals surface area contributed by atoms with E-state index in [0.29, 0.717) is 12.6 Å². The summed E-state index contributed by atoms with van der Waals surface area (Å²) in [4.78, 5) is 0. The van der Waals surface area contributed by atoms with Gasteiger partial charge in [-0.05, 0) is 50.8 Å². The SMILES string of the molecule is COc1ccc(Br)c(CCN)c1OC1CCCC1. The lowest BCUT2D eigenvalue weighted by molar-refractivity contribution is 0.198. The molecule has 1 aliphatic carbocycles. The lowest BCUT2D eigenvalue weighted by Crippen LogP contribution is -2.14. The Labute approximate surface area is 117 Å². The largest absolute Gasteiger partial charge is 0.493 e. The minimum absolute atomic E-state index is 0.324. The first-order chi connectivity index (χ1) is 8.76. The van der Waals surface area contributed by atoms with Crippen LogP contribution in [0.3, 0.4) is 0 Å². The third-order valence-corrected chi connectivity index (χ3v) is 4.11. The Bertz CT molecular complexity index is 403. The third-order valence-electron chi connectivity index (χ3n) is 3.37. The maximum Gasteiger partial charge on any atom is 0.165 e. The molecule has 0 atom stereocenters. The first kappa shape index (κ1) is 13.7. The second-order valence-corrected chi connectivity index (χ2v) is 5.47. The van der Waals surface area contributed by atoms with Crippen LogP contribution in [-0.4, -0.2) is 19.8 Å². The van der Waals surface area contributed by atoms with Gasteiger partial charge in [0, 0.05) is 10.0 Å². The average molecular weight is 314 g/mol. The van der Waals surface area contributed by atoms with E-state index in [4.69, 9.17) is 15.2 Å². The molecule has 2 rings (SSSR count). The number of rotatable bonds is 5. The predicted octanol–water partition coefficient (Wildman–Crippen LogP) is 3.28. The van der Waals surface area contributed by atoms with Crippen molar-refractivity contribution < 1.29 is 9.47 Å². The molecule has 3 nitrogen and oxygen atoms in total. The topological polar surface area (TPSA) is 44.5 Å². The van der Waals surface area contributed by atoms with Crippen LogP contribution in [0.5, 0.6) is 11.5 Å². The fourth-order valence-corrected chi connectivity index (χ4v) is 2.93. The molecule has 0 unspecified atom stereocenters. The van der Waals surface area contributed by atoms with Crippen LogP contribution in [0.15, 0.2) is 16.6 Å². The number of benzene rings is 1. The molecule has 4 heteroatoms. The number of nitrogens with two attached hydrogens (primary N) is 1. The Morgan fingerprint density at radius 2 is 2.06 bits per heavy atom. The van der Waals surface area contributed by atoms with Gasteiger partial charge in [-0.15, -0.1) is 0 Å². The Hall–Kier alpha value is -0.740. The van der Waals surface area contributed by atoms with Gasteiger partial charge in [0.2, 0.25) is 0 Å². The summed E-state index contributed by atoms with van der Waals surface area (Å²) in [7, 11) is 1.68. The molecule has 0 amide bonds. The van der Waals surface area contributed by atoms with Gasteiger partial charge in [0.1, 0.15) is 0 Å². The minimum atomic E-state index is 0.324. The molecule has 1 aromatic rings. The van der Waals surface area contributed by atoms with Gasteiger partial charge < -0.3 is 15.2 Å². The molecule has 1 aliphatic rings. The van der Waals surface area contributed by atoms with Crippen LogP contribution in [-0.2, 0) is 6.42 Å². The van der Waals surface area contributed by atoms with Crippen LogP contribution in [0.4, 0.5) is 0 Å². The Balaban J connectivity index is 2.30. The summed E-state index contributed by atoms with van der Waals surface area (Å²) in [5, 5.41) is 0. The standard InChI is InChI=1S/C14H20BrNO2/c1-17-13-7-6-12(15)11(8-9-16)14(13)18-10-4-2-3-5-10/h6-7,10H,2-5,8-9,16H2,1H3. The van der Waals surface area contributed by atoms with Crippen molar-refractivity contribution in [3.05, 3.63) is 22.2 Å². The lowest BCUT2D eigenvalue weighted by Gasteiger charge is -2.20. The normalized spacial score (nSPS) is 15.9. The Morgan fingerprint density at radius 3 is 2.67 bits per heavy atom. The number of hydrogen-bond donors (Lipinski definition) is 1. The molecule has 0 heterocycles. The summed E-state index contributed by atoms with van der Waals surface area (Å²) in [6, 6.07) is 3.93. The highest BCUT2D eigenvalue weighted by Gasteiger charge is 2.21. The molecule has 0 aromatic heterocycles. The lowest BCUT2D eigenvalue weighted by atomic mass is 10.1. The van der Waals surface area contributed by atoms with E-state index in [9.17, 15) is 0 Å². The van der Waals surface area contributed by atoms with Gasteiger partial charge in [-0.2, -0.15) is 0 Å². The van der Waals surface area contributed by atoms with E-state index in [2.05, 4.69) is 15.9 Å². The highest BCUT2D eigenvalue weighted by molar-refractivity contribution is 9.10. The van der Waals surface area contributed by atoms with Crippen molar-refractivity contribution >= 4 is 15.9 Å². The molecule has 0 aliphatic heterocycles. The highest BCUT2D eigenvalue weighted by atomic mass is 79.9. The van der Waals surface area contributed by atoms with E-state index in [1.807, 2.05) is 12.1 Å². The molecule has 0 spiro atoms. The molecule has 0 radical (unpaired) electrons. The zero-order valence-corrected chi connectivity index (χ0v) is 12.3. The molecular formula is C14H20BrNO2. The molecule has 1 fully saturated rings. The molecule has 18 heavy (non-hydrogen) atoms. The van der Waals surface area contributed by atoms with E-state index in [0.717, 1.165) is 40.8 Å². The van der Waals surface area contributed by atoms with Gasteiger partial charge in [-0.3, -0.25) is 0 Å². The number of halogens is 1. The molecule has 0 bridgehead atoms. The maximum absolute atomic E-state index is 6.15. The summed E-state index contributed by atoms with van der Waals surface area (Å²) >= 11 is 3.57. The zero-order valence-electron chi connectivity index (χ0n) is 10.7. The first-order valence-electron chi connectivity index (χ1n) is 6.48. The Kier molecular flexibility index (Phi) is 4.89. The van der Waals surface area contributed by atoms with E-state index >= 15 is 0 Å². The third kappa shape index (κ3) is 2.98. The fraction of sp³-hybridized carbons (Fsp3) is 0.571. The van der Waals surface area contributed by atoms with Gasteiger partial charge >= 0.3 is 0 Å². The van der Waals surface area contributed by atoms with Crippen LogP contribution >= 0.6 is 15.9 Å². The van der Waals surface area contributed by atoms with Crippen LogP contribution in [0.1, 0.15) is 31.2 Å². The van der Waals surface area contributed by atoms with Crippen molar-refractivity contribution in [1.29, 1.82) is 0 Å². The van der Waals surface area contributed by atoms with E-state index in [-0.39, 0.29) is 0 Å². The van der Waals surface area contributed by atoms with E-state index in [1.54, 1.807) is 7.11 Å². The molecule has 1 aromatic carbocycles. The summed E-state index contributed by atoms with van der Waals surface area (Å²) in [5.74, 6) is 1.66. The molecular weight excluding hydrogens is 294 g/mol. The second kappa shape index (κ2) is 6.43. The summed E-state index contributed by atoms with van der Waals surface area (Å²) < 4.78 is 12.6. The first-order valence-corrected chi connectivity index (χ1v) is 7.27. The van der Waals surface area contributed by atoms with E-state index < -0.39 is 0 Å². The Morgan fingerprint density at radius 1 is 1.33 bits per heavy atom. The average Bonchev–Trinajstić information content (AvgIpc) is 2.87. The van der Waals surface area contributed by atoms with Gasteiger partial charge in [0.25, 0.3) is 0 Å². The van der Waals surface area contributed by atoms with Crippen LogP contribution in [0, 0.1) is 0 Å². The molecule has 1 saturated carbocycles. The zero-order chi connectivity index (χ0) is 13.0. The van der Waals surface area contributed by atoms with Crippen LogP contribution < -0.4 is 15.2 Å². The second-order valence-electron chi connectivity index (χ2n) is 4.62. The van der Waals surface area contributed by atoms with Crippen molar-refractivity contribution in [3.8, 4) is 11.5 Å². The van der Waals surface area contributed by atoms with Gasteiger partial charge in [-0.25, -0.2) is 0 Å². The van der Waals surface area contributed by atoms with Crippen molar-refractivity contribution in [2.75, 3.05) is 13.7 Å². The van der Waals surface area contributed by atoms with Crippen molar-refractivity contribution in [1.82, 2.24) is 0 Å². The number of methoxy groups -OCH3 is 1. The van der Waals surface area contributed by atoms with Gasteiger partial charge in [0.05, 0.1) is 13.2 Å².